The molecular formula is C32H48N4O7. The van der Waals surface area contributed by atoms with Gasteiger partial charge in [0.1, 0.15) is 29.4 Å². The van der Waals surface area contributed by atoms with Crippen LogP contribution in [0.1, 0.15) is 63.4 Å². The van der Waals surface area contributed by atoms with Crippen LogP contribution >= 0.6 is 0 Å². The van der Waals surface area contributed by atoms with E-state index in [1.54, 1.807) is 38.2 Å². The summed E-state index contributed by atoms with van der Waals surface area (Å²) in [5.41, 5.74) is -0.176. The molecule has 43 heavy (non-hydrogen) atoms. The van der Waals surface area contributed by atoms with E-state index in [4.69, 9.17) is 18.9 Å². The summed E-state index contributed by atoms with van der Waals surface area (Å²) in [7, 11) is 5.13. The van der Waals surface area contributed by atoms with Crippen LogP contribution in [-0.2, 0) is 44.6 Å². The summed E-state index contributed by atoms with van der Waals surface area (Å²) in [4.78, 5) is 35.5. The lowest BCUT2D eigenvalue weighted by molar-refractivity contribution is -0.156. The molecule has 238 valence electrons. The Morgan fingerprint density at radius 1 is 1.09 bits per heavy atom. The van der Waals surface area contributed by atoms with Crippen molar-refractivity contribution >= 4 is 12.0 Å². The van der Waals surface area contributed by atoms with Crippen LogP contribution in [0.2, 0.25) is 0 Å². The lowest BCUT2D eigenvalue weighted by atomic mass is 9.79. The second kappa shape index (κ2) is 14.1. The van der Waals surface area contributed by atoms with Crippen molar-refractivity contribution in [3.05, 3.63) is 47.5 Å². The highest BCUT2D eigenvalue weighted by atomic mass is 16.6. The van der Waals surface area contributed by atoms with Crippen LogP contribution in [0.5, 0.6) is 5.75 Å². The van der Waals surface area contributed by atoms with Gasteiger partial charge in [0.25, 0.3) is 0 Å². The fraction of sp³-hybridized carbons (Fsp3) is 0.656. The maximum absolute atomic E-state index is 14.5. The molecular weight excluding hydrogens is 552 g/mol. The molecule has 11 nitrogen and oxygen atoms in total. The first-order valence-electron chi connectivity index (χ1n) is 15.2. The number of nitrogens with zero attached hydrogens (tertiary/aromatic N) is 4. The first-order valence-corrected chi connectivity index (χ1v) is 15.2. The van der Waals surface area contributed by atoms with Gasteiger partial charge < -0.3 is 38.4 Å². The van der Waals surface area contributed by atoms with Crippen molar-refractivity contribution in [1.82, 2.24) is 19.4 Å². The number of hydrogen-bond donors (Lipinski definition) is 1. The van der Waals surface area contributed by atoms with Crippen molar-refractivity contribution in [2.24, 2.45) is 13.0 Å². The van der Waals surface area contributed by atoms with E-state index in [0.717, 1.165) is 42.6 Å². The third-order valence-corrected chi connectivity index (χ3v) is 7.92. The molecule has 1 aliphatic carbocycles. The van der Waals surface area contributed by atoms with Crippen LogP contribution in [0.25, 0.3) is 0 Å². The van der Waals surface area contributed by atoms with Crippen LogP contribution in [0.4, 0.5) is 4.79 Å². The molecule has 1 aromatic carbocycles. The fourth-order valence-corrected chi connectivity index (χ4v) is 5.65. The number of amides is 2. The lowest BCUT2D eigenvalue weighted by Gasteiger charge is -2.44. The van der Waals surface area contributed by atoms with Gasteiger partial charge in [0.05, 0.1) is 12.5 Å². The van der Waals surface area contributed by atoms with Crippen molar-refractivity contribution in [2.45, 2.75) is 76.7 Å². The van der Waals surface area contributed by atoms with E-state index in [1.807, 2.05) is 37.8 Å². The van der Waals surface area contributed by atoms with Crippen LogP contribution in [0.15, 0.2) is 30.6 Å². The van der Waals surface area contributed by atoms with Crippen LogP contribution < -0.4 is 4.74 Å². The van der Waals surface area contributed by atoms with Gasteiger partial charge in [-0.05, 0) is 69.7 Å². The Bertz CT molecular complexity index is 1210. The number of aromatic nitrogens is 2. The Hall–Kier alpha value is -3.15. The largest absolute Gasteiger partial charge is 0.491 e. The highest BCUT2D eigenvalue weighted by Gasteiger charge is 2.53. The first kappa shape index (κ1) is 32.8. The van der Waals surface area contributed by atoms with Crippen LogP contribution in [-0.4, -0.2) is 95.2 Å². The van der Waals surface area contributed by atoms with E-state index in [2.05, 4.69) is 11.1 Å². The molecule has 2 aromatic rings. The number of piperidine rings is 1. The van der Waals surface area contributed by atoms with Gasteiger partial charge in [-0.15, -0.1) is 0 Å². The molecule has 1 saturated heterocycles. The molecule has 2 aliphatic rings. The van der Waals surface area contributed by atoms with Gasteiger partial charge >= 0.3 is 6.09 Å². The quantitative estimate of drug-likeness (QED) is 0.347. The Morgan fingerprint density at radius 2 is 1.81 bits per heavy atom. The molecule has 1 aliphatic heterocycles. The van der Waals surface area contributed by atoms with Gasteiger partial charge in [0.15, 0.2) is 0 Å². The van der Waals surface area contributed by atoms with E-state index in [-0.39, 0.29) is 31.5 Å². The van der Waals surface area contributed by atoms with Crippen LogP contribution in [0.3, 0.4) is 0 Å². The Morgan fingerprint density at radius 3 is 2.44 bits per heavy atom. The SMILES string of the molecule is COCCCc1cc(CN(C(=O)[C@H]2CN(C(=O)OC(C)(C)C)CC[C@]2(O)c2nccn2C)C2CC2)cc(OCCOC)c1. The van der Waals surface area contributed by atoms with E-state index >= 15 is 0 Å². The van der Waals surface area contributed by atoms with Gasteiger partial charge in [-0.25, -0.2) is 9.78 Å². The zero-order valence-corrected chi connectivity index (χ0v) is 26.5. The minimum atomic E-state index is -1.54. The number of likely N-dealkylation sites (tertiary alicyclic amines) is 1. The molecule has 0 unspecified atom stereocenters. The molecule has 4 rings (SSSR count). The van der Waals surface area contributed by atoms with Gasteiger partial charge in [-0.1, -0.05) is 6.07 Å². The number of imidazole rings is 1. The zero-order chi connectivity index (χ0) is 31.2. The third kappa shape index (κ3) is 8.49. The maximum atomic E-state index is 14.5. The summed E-state index contributed by atoms with van der Waals surface area (Å²) >= 11 is 0. The normalized spacial score (nSPS) is 20.6. The van der Waals surface area contributed by atoms with Gasteiger partial charge in [-0.3, -0.25) is 4.79 Å². The summed E-state index contributed by atoms with van der Waals surface area (Å²) in [5, 5.41) is 12.2. The molecule has 11 heteroatoms. The summed E-state index contributed by atoms with van der Waals surface area (Å²) < 4.78 is 23.8. The number of benzene rings is 1. The Balaban J connectivity index is 1.63. The number of aliphatic hydroxyl groups is 1. The topological polar surface area (TPSA) is 116 Å². The van der Waals surface area contributed by atoms with E-state index in [0.29, 0.717) is 32.2 Å². The average Bonchev–Trinajstić information content (AvgIpc) is 3.69. The van der Waals surface area contributed by atoms with E-state index in [1.165, 1.54) is 4.90 Å². The van der Waals surface area contributed by atoms with Crippen molar-refractivity contribution in [1.29, 1.82) is 0 Å². The van der Waals surface area contributed by atoms with Gasteiger partial charge in [0, 0.05) is 72.4 Å². The second-order valence-electron chi connectivity index (χ2n) is 12.6. The van der Waals surface area contributed by atoms with Crippen molar-refractivity contribution in [3.63, 3.8) is 0 Å². The average molecular weight is 601 g/mol. The number of methoxy groups -OCH3 is 2. The number of aryl methyl sites for hydroxylation is 2. The van der Waals surface area contributed by atoms with Crippen LogP contribution in [0, 0.1) is 5.92 Å². The molecule has 1 N–H and O–H groups in total. The summed E-state index contributed by atoms with van der Waals surface area (Å²) in [6.07, 6.45) is 6.50. The van der Waals surface area contributed by atoms with Crippen molar-refractivity contribution in [3.8, 4) is 5.75 Å². The summed E-state index contributed by atoms with van der Waals surface area (Å²) in [6, 6.07) is 6.17. The molecule has 0 spiro atoms. The number of hydrogen-bond acceptors (Lipinski definition) is 8. The fourth-order valence-electron chi connectivity index (χ4n) is 5.65. The Kier molecular flexibility index (Phi) is 10.7. The predicted molar refractivity (Wildman–Crippen MR) is 161 cm³/mol. The molecule has 2 amide bonds. The number of ether oxygens (including phenoxy) is 4. The molecule has 2 atom stereocenters. The van der Waals surface area contributed by atoms with Gasteiger partial charge in [-0.2, -0.15) is 0 Å². The van der Waals surface area contributed by atoms with Crippen molar-refractivity contribution < 1.29 is 33.6 Å². The second-order valence-corrected chi connectivity index (χ2v) is 12.6. The van der Waals surface area contributed by atoms with Crippen molar-refractivity contribution in [2.75, 3.05) is 47.1 Å². The van der Waals surface area contributed by atoms with E-state index < -0.39 is 23.2 Å². The standard InChI is InChI=1S/C32H48N4O7/c1-31(2,3)43-30(38)35-13-11-32(39,29-33-12-14-34(29)4)27(22-35)28(37)36(25-9-10-25)21-24-18-23(8-7-15-40-5)19-26(20-24)42-17-16-41-6/h12,14,18-20,25,27,39H,7-11,13,15-17,21-22H2,1-6H3/t27-,32-/m1/s1. The summed E-state index contributed by atoms with van der Waals surface area (Å²) in [5.74, 6) is 0.0218. The summed E-state index contributed by atoms with van der Waals surface area (Å²) in [6.45, 7) is 7.62. The highest BCUT2D eigenvalue weighted by molar-refractivity contribution is 5.82. The zero-order valence-electron chi connectivity index (χ0n) is 26.5. The molecule has 2 fully saturated rings. The minimum Gasteiger partial charge on any atom is -0.491 e. The molecule has 1 aromatic heterocycles. The van der Waals surface area contributed by atoms with Gasteiger partial charge in [0.2, 0.25) is 5.91 Å². The highest BCUT2D eigenvalue weighted by Crippen LogP contribution is 2.40. The monoisotopic (exact) mass is 600 g/mol. The smallest absolute Gasteiger partial charge is 0.410 e. The first-order chi connectivity index (χ1) is 20.4. The third-order valence-electron chi connectivity index (χ3n) is 7.92. The minimum absolute atomic E-state index is 0.0305. The number of carbonyl (C=O) groups excluding carboxylic acids is 2. The molecule has 2 heterocycles. The Labute approximate surface area is 255 Å². The maximum Gasteiger partial charge on any atom is 0.410 e. The lowest BCUT2D eigenvalue weighted by Crippen LogP contribution is -2.58. The number of rotatable bonds is 13. The molecule has 0 radical (unpaired) electrons. The molecule has 0 bridgehead atoms. The number of carbonyl (C=O) groups is 2. The van der Waals surface area contributed by atoms with E-state index in [9.17, 15) is 14.7 Å². The molecule has 1 saturated carbocycles. The predicted octanol–water partition coefficient (Wildman–Crippen LogP) is 3.66.